The lowest BCUT2D eigenvalue weighted by molar-refractivity contribution is 0.0699. The summed E-state index contributed by atoms with van der Waals surface area (Å²) in [5.41, 5.74) is 0.944. The summed E-state index contributed by atoms with van der Waals surface area (Å²) in [6.07, 6.45) is 6.11. The molecule has 24 heavy (non-hydrogen) atoms. The zero-order chi connectivity index (χ0) is 17.1. The molecule has 3 rings (SSSR count). The number of aromatic carboxylic acids is 1. The van der Waals surface area contributed by atoms with E-state index in [4.69, 9.17) is 9.47 Å². The molecular weight excluding hydrogens is 344 g/mol. The highest BCUT2D eigenvalue weighted by Gasteiger charge is 2.24. The largest absolute Gasteiger partial charge is 0.496 e. The summed E-state index contributed by atoms with van der Waals surface area (Å²) in [5, 5.41) is 11.1. The van der Waals surface area contributed by atoms with Gasteiger partial charge in [0.15, 0.2) is 0 Å². The molecular formula is C18H22O4S2. The van der Waals surface area contributed by atoms with Crippen LogP contribution in [0.1, 0.15) is 47.3 Å². The van der Waals surface area contributed by atoms with Crippen LogP contribution in [0.4, 0.5) is 0 Å². The van der Waals surface area contributed by atoms with Gasteiger partial charge in [-0.25, -0.2) is 4.79 Å². The van der Waals surface area contributed by atoms with E-state index in [1.165, 1.54) is 43.4 Å². The Bertz CT molecular complexity index is 732. The molecule has 1 aromatic heterocycles. The molecule has 0 aliphatic heterocycles. The van der Waals surface area contributed by atoms with Crippen LogP contribution >= 0.6 is 23.1 Å². The number of rotatable bonds is 6. The van der Waals surface area contributed by atoms with Crippen molar-refractivity contribution in [3.05, 3.63) is 22.6 Å². The highest BCUT2D eigenvalue weighted by molar-refractivity contribution is 8.00. The molecule has 4 nitrogen and oxygen atoms in total. The van der Waals surface area contributed by atoms with Gasteiger partial charge in [0.2, 0.25) is 0 Å². The van der Waals surface area contributed by atoms with Gasteiger partial charge in [0, 0.05) is 32.9 Å². The quantitative estimate of drug-likeness (QED) is 0.763. The molecule has 1 aliphatic rings. The number of carboxylic acids is 1. The molecule has 1 aliphatic carbocycles. The summed E-state index contributed by atoms with van der Waals surface area (Å²) >= 11 is 3.09. The first-order valence-electron chi connectivity index (χ1n) is 8.16. The van der Waals surface area contributed by atoms with Crippen molar-refractivity contribution in [3.8, 4) is 5.75 Å². The molecule has 1 N–H and O–H groups in total. The van der Waals surface area contributed by atoms with Crippen LogP contribution < -0.4 is 4.74 Å². The number of ether oxygens (including phenoxy) is 2. The van der Waals surface area contributed by atoms with Crippen LogP contribution in [0, 0.1) is 0 Å². The fourth-order valence-corrected chi connectivity index (χ4v) is 5.92. The first kappa shape index (κ1) is 17.6. The number of methoxy groups -OCH3 is 2. The van der Waals surface area contributed by atoms with E-state index in [-0.39, 0.29) is 0 Å². The lowest BCUT2D eigenvalue weighted by Crippen LogP contribution is -2.08. The van der Waals surface area contributed by atoms with Crippen molar-refractivity contribution in [2.24, 2.45) is 0 Å². The molecule has 1 aromatic carbocycles. The van der Waals surface area contributed by atoms with Gasteiger partial charge in [0.1, 0.15) is 10.6 Å². The maximum atomic E-state index is 11.7. The summed E-state index contributed by atoms with van der Waals surface area (Å²) < 4.78 is 11.7. The van der Waals surface area contributed by atoms with Crippen molar-refractivity contribution in [2.45, 2.75) is 48.9 Å². The third-order valence-electron chi connectivity index (χ3n) is 4.38. The molecule has 0 atom stereocenters. The highest BCUT2D eigenvalue weighted by atomic mass is 32.2. The molecule has 1 heterocycles. The van der Waals surface area contributed by atoms with Gasteiger partial charge in [0.05, 0.1) is 13.7 Å². The summed E-state index contributed by atoms with van der Waals surface area (Å²) in [4.78, 5) is 13.1. The van der Waals surface area contributed by atoms with Gasteiger partial charge in [-0.3, -0.25) is 0 Å². The third-order valence-corrected chi connectivity index (χ3v) is 7.11. The zero-order valence-electron chi connectivity index (χ0n) is 14.0. The number of fused-ring (bicyclic) bond motifs is 1. The molecule has 6 heteroatoms. The van der Waals surface area contributed by atoms with Crippen LogP contribution in [0.5, 0.6) is 5.75 Å². The Balaban J connectivity index is 2.06. The van der Waals surface area contributed by atoms with Crippen LogP contribution in [0.15, 0.2) is 17.0 Å². The molecule has 0 radical (unpaired) electrons. The Hall–Kier alpha value is -1.24. The molecule has 130 valence electrons. The number of carboxylic acid groups (broad SMARTS) is 1. The monoisotopic (exact) mass is 366 g/mol. The number of thiophene rings is 1. The molecule has 2 aromatic rings. The van der Waals surface area contributed by atoms with Crippen LogP contribution in [-0.4, -0.2) is 30.5 Å². The molecule has 0 spiro atoms. The molecule has 1 fully saturated rings. The van der Waals surface area contributed by atoms with Gasteiger partial charge >= 0.3 is 5.97 Å². The second-order valence-corrected chi connectivity index (χ2v) is 8.40. The summed E-state index contributed by atoms with van der Waals surface area (Å²) in [6.45, 7) is 0.449. The summed E-state index contributed by atoms with van der Waals surface area (Å²) in [7, 11) is 3.28. The Morgan fingerprint density at radius 1 is 1.29 bits per heavy atom. The minimum absolute atomic E-state index is 0.442. The van der Waals surface area contributed by atoms with E-state index in [9.17, 15) is 9.90 Å². The zero-order valence-corrected chi connectivity index (χ0v) is 15.6. The Morgan fingerprint density at radius 2 is 2.04 bits per heavy atom. The second-order valence-electron chi connectivity index (χ2n) is 6.04. The number of hydrogen-bond donors (Lipinski definition) is 1. The molecule has 0 unspecified atom stereocenters. The predicted molar refractivity (Wildman–Crippen MR) is 98.8 cm³/mol. The van der Waals surface area contributed by atoms with Crippen LogP contribution in [-0.2, 0) is 11.3 Å². The maximum Gasteiger partial charge on any atom is 0.347 e. The molecule has 0 saturated heterocycles. The van der Waals surface area contributed by atoms with Crippen LogP contribution in [0.2, 0.25) is 0 Å². The molecule has 0 amide bonds. The smallest absolute Gasteiger partial charge is 0.347 e. The molecule has 0 bridgehead atoms. The van der Waals surface area contributed by atoms with Crippen molar-refractivity contribution >= 4 is 39.2 Å². The van der Waals surface area contributed by atoms with E-state index in [1.807, 2.05) is 12.1 Å². The van der Waals surface area contributed by atoms with Crippen molar-refractivity contribution in [1.29, 1.82) is 0 Å². The lowest BCUT2D eigenvalue weighted by atomic mass is 10.0. The topological polar surface area (TPSA) is 55.8 Å². The van der Waals surface area contributed by atoms with Crippen molar-refractivity contribution < 1.29 is 19.4 Å². The van der Waals surface area contributed by atoms with Gasteiger partial charge in [0.25, 0.3) is 0 Å². The molecule has 1 saturated carbocycles. The van der Waals surface area contributed by atoms with E-state index < -0.39 is 5.97 Å². The average Bonchev–Trinajstić information content (AvgIpc) is 2.93. The summed E-state index contributed by atoms with van der Waals surface area (Å²) in [6, 6.07) is 3.97. The predicted octanol–water partition coefficient (Wildman–Crippen LogP) is 5.18. The number of carbonyl (C=O) groups is 1. The van der Waals surface area contributed by atoms with E-state index >= 15 is 0 Å². The normalized spacial score (nSPS) is 15.8. The maximum absolute atomic E-state index is 11.7. The van der Waals surface area contributed by atoms with Gasteiger partial charge in [-0.05, 0) is 25.0 Å². The Labute approximate surface area is 150 Å². The third kappa shape index (κ3) is 3.55. The van der Waals surface area contributed by atoms with E-state index in [1.54, 1.807) is 26.0 Å². The van der Waals surface area contributed by atoms with Gasteiger partial charge in [-0.1, -0.05) is 19.3 Å². The van der Waals surface area contributed by atoms with Crippen LogP contribution in [0.25, 0.3) is 10.1 Å². The first-order valence-corrected chi connectivity index (χ1v) is 9.86. The van der Waals surface area contributed by atoms with Crippen LogP contribution in [0.3, 0.4) is 0 Å². The minimum atomic E-state index is -0.846. The van der Waals surface area contributed by atoms with E-state index in [0.29, 0.717) is 16.7 Å². The number of benzene rings is 1. The average molecular weight is 367 g/mol. The van der Waals surface area contributed by atoms with E-state index in [0.717, 1.165) is 26.3 Å². The standard InChI is InChI=1S/C18H22O4S2/c1-21-10-11-8-15-13(9-14(11)22-2)16(17(24-15)18(19)20)23-12-6-4-3-5-7-12/h8-9,12H,3-7,10H2,1-2H3,(H,19,20). The highest BCUT2D eigenvalue weighted by Crippen LogP contribution is 2.45. The summed E-state index contributed by atoms with van der Waals surface area (Å²) in [5.74, 6) is -0.0913. The number of thioether (sulfide) groups is 1. The second kappa shape index (κ2) is 7.76. The van der Waals surface area contributed by atoms with Crippen molar-refractivity contribution in [3.63, 3.8) is 0 Å². The Kier molecular flexibility index (Phi) is 5.69. The Morgan fingerprint density at radius 3 is 2.67 bits per heavy atom. The SMILES string of the molecule is COCc1cc2sc(C(=O)O)c(SC3CCCCC3)c2cc1OC. The fourth-order valence-electron chi connectivity index (χ4n) is 3.21. The minimum Gasteiger partial charge on any atom is -0.496 e. The van der Waals surface area contributed by atoms with Gasteiger partial charge in [-0.15, -0.1) is 23.1 Å². The lowest BCUT2D eigenvalue weighted by Gasteiger charge is -2.21. The van der Waals surface area contributed by atoms with E-state index in [2.05, 4.69) is 0 Å². The fraction of sp³-hybridized carbons (Fsp3) is 0.500. The number of hydrogen-bond acceptors (Lipinski definition) is 5. The van der Waals surface area contributed by atoms with Gasteiger partial charge in [-0.2, -0.15) is 0 Å². The first-order chi connectivity index (χ1) is 11.6. The van der Waals surface area contributed by atoms with Crippen molar-refractivity contribution in [2.75, 3.05) is 14.2 Å². The van der Waals surface area contributed by atoms with Crippen molar-refractivity contribution in [1.82, 2.24) is 0 Å². The van der Waals surface area contributed by atoms with Gasteiger partial charge < -0.3 is 14.6 Å².